The first kappa shape index (κ1) is 15.2. The van der Waals surface area contributed by atoms with Crippen LogP contribution in [0.2, 0.25) is 0 Å². The van der Waals surface area contributed by atoms with Crippen LogP contribution in [0.1, 0.15) is 20.3 Å². The molecule has 0 saturated heterocycles. The van der Waals surface area contributed by atoms with Crippen molar-refractivity contribution in [2.75, 3.05) is 6.54 Å². The Balaban J connectivity index is 1.93. The average molecular weight is 292 g/mol. The van der Waals surface area contributed by atoms with Gasteiger partial charge in [-0.25, -0.2) is 9.48 Å². The molecular weight excluding hydrogens is 272 g/mol. The minimum absolute atomic E-state index is 0.127. The Labute approximate surface area is 122 Å². The highest BCUT2D eigenvalue weighted by Gasteiger charge is 2.12. The molecule has 0 bridgehead atoms. The van der Waals surface area contributed by atoms with Crippen LogP contribution in [0.25, 0.3) is 5.65 Å². The van der Waals surface area contributed by atoms with Gasteiger partial charge in [-0.3, -0.25) is 9.20 Å². The van der Waals surface area contributed by atoms with Gasteiger partial charge in [0, 0.05) is 12.7 Å². The van der Waals surface area contributed by atoms with Crippen molar-refractivity contribution in [3.63, 3.8) is 0 Å². The van der Waals surface area contributed by atoms with E-state index in [2.05, 4.69) is 10.4 Å². The van der Waals surface area contributed by atoms with Crippen molar-refractivity contribution in [3.05, 3.63) is 34.9 Å². The molecule has 2 rings (SSSR count). The fourth-order valence-corrected chi connectivity index (χ4v) is 1.96. The van der Waals surface area contributed by atoms with Crippen LogP contribution in [0.15, 0.2) is 29.2 Å². The van der Waals surface area contributed by atoms with Crippen LogP contribution in [0.4, 0.5) is 0 Å². The fraction of sp³-hybridized carbons (Fsp3) is 0.500. The van der Waals surface area contributed by atoms with Gasteiger partial charge in [-0.1, -0.05) is 19.9 Å². The molecule has 0 aliphatic heterocycles. The molecule has 2 N–H and O–H groups in total. The van der Waals surface area contributed by atoms with Crippen molar-refractivity contribution in [2.24, 2.45) is 5.92 Å². The van der Waals surface area contributed by atoms with Crippen LogP contribution in [0.5, 0.6) is 0 Å². The number of nitrogens with zero attached hydrogens (tertiary/aromatic N) is 3. The van der Waals surface area contributed by atoms with E-state index >= 15 is 0 Å². The first-order valence-corrected chi connectivity index (χ1v) is 6.98. The standard InChI is InChI=1S/C14H20N4O3/c1-10(2)11(19)6-7-15-13(20)9-18-14(21)17-8-4-3-5-12(17)16-18/h3-5,8,10-11,19H,6-7,9H2,1-2H3,(H,15,20). The number of hydrogen-bond donors (Lipinski definition) is 2. The molecule has 0 fully saturated rings. The van der Waals surface area contributed by atoms with Gasteiger partial charge in [-0.05, 0) is 24.5 Å². The Bertz CT molecular complexity index is 674. The summed E-state index contributed by atoms with van der Waals surface area (Å²) in [6, 6.07) is 5.21. The van der Waals surface area contributed by atoms with E-state index in [9.17, 15) is 14.7 Å². The van der Waals surface area contributed by atoms with Gasteiger partial charge < -0.3 is 10.4 Å². The van der Waals surface area contributed by atoms with Crippen LogP contribution in [-0.4, -0.2) is 37.8 Å². The molecule has 0 aliphatic carbocycles. The number of pyridine rings is 1. The Hall–Kier alpha value is -2.15. The van der Waals surface area contributed by atoms with E-state index in [0.29, 0.717) is 18.6 Å². The summed E-state index contributed by atoms with van der Waals surface area (Å²) in [7, 11) is 0. The van der Waals surface area contributed by atoms with E-state index in [1.807, 2.05) is 13.8 Å². The number of rotatable bonds is 6. The molecule has 2 aromatic heterocycles. The lowest BCUT2D eigenvalue weighted by Gasteiger charge is -2.14. The predicted molar refractivity (Wildman–Crippen MR) is 77.9 cm³/mol. The number of fused-ring (bicyclic) bond motifs is 1. The predicted octanol–water partition coefficient (Wildman–Crippen LogP) is 0.0192. The Kier molecular flexibility index (Phi) is 4.74. The molecule has 1 amide bonds. The maximum Gasteiger partial charge on any atom is 0.350 e. The molecular formula is C14H20N4O3. The summed E-state index contributed by atoms with van der Waals surface area (Å²) in [4.78, 5) is 23.8. The number of nitrogens with one attached hydrogen (secondary N) is 1. The second-order valence-electron chi connectivity index (χ2n) is 5.32. The molecule has 2 aromatic rings. The quantitative estimate of drug-likeness (QED) is 0.785. The summed E-state index contributed by atoms with van der Waals surface area (Å²) in [6.07, 6.45) is 1.66. The number of carbonyl (C=O) groups is 1. The van der Waals surface area contributed by atoms with Gasteiger partial charge in [0.15, 0.2) is 5.65 Å². The zero-order chi connectivity index (χ0) is 15.4. The maximum absolute atomic E-state index is 12.0. The largest absolute Gasteiger partial charge is 0.393 e. The minimum Gasteiger partial charge on any atom is -0.393 e. The van der Waals surface area contributed by atoms with Crippen LogP contribution >= 0.6 is 0 Å². The van der Waals surface area contributed by atoms with Crippen molar-refractivity contribution >= 4 is 11.6 Å². The van der Waals surface area contributed by atoms with Gasteiger partial charge in [-0.2, -0.15) is 0 Å². The van der Waals surface area contributed by atoms with E-state index < -0.39 is 6.10 Å². The topological polar surface area (TPSA) is 88.6 Å². The molecule has 0 radical (unpaired) electrons. The molecule has 21 heavy (non-hydrogen) atoms. The summed E-state index contributed by atoms with van der Waals surface area (Å²) < 4.78 is 2.51. The Morgan fingerprint density at radius 2 is 2.19 bits per heavy atom. The lowest BCUT2D eigenvalue weighted by Crippen LogP contribution is -2.34. The van der Waals surface area contributed by atoms with Gasteiger partial charge in [0.2, 0.25) is 5.91 Å². The molecule has 114 valence electrons. The number of aromatic nitrogens is 3. The zero-order valence-corrected chi connectivity index (χ0v) is 12.2. The van der Waals surface area contributed by atoms with Gasteiger partial charge in [0.1, 0.15) is 6.54 Å². The third kappa shape index (κ3) is 3.69. The van der Waals surface area contributed by atoms with Crippen molar-refractivity contribution < 1.29 is 9.90 Å². The monoisotopic (exact) mass is 292 g/mol. The summed E-state index contributed by atoms with van der Waals surface area (Å²) >= 11 is 0. The molecule has 0 spiro atoms. The van der Waals surface area contributed by atoms with Crippen LogP contribution in [-0.2, 0) is 11.3 Å². The molecule has 0 saturated carbocycles. The normalized spacial score (nSPS) is 12.8. The number of amides is 1. The number of aliphatic hydroxyl groups is 1. The van der Waals surface area contributed by atoms with E-state index in [4.69, 9.17) is 0 Å². The van der Waals surface area contributed by atoms with Gasteiger partial charge in [-0.15, -0.1) is 5.10 Å². The van der Waals surface area contributed by atoms with E-state index in [1.54, 1.807) is 24.4 Å². The van der Waals surface area contributed by atoms with Gasteiger partial charge in [0.25, 0.3) is 0 Å². The molecule has 2 heterocycles. The second-order valence-corrected chi connectivity index (χ2v) is 5.32. The maximum atomic E-state index is 12.0. The van der Waals surface area contributed by atoms with Crippen LogP contribution in [0, 0.1) is 5.92 Å². The fourth-order valence-electron chi connectivity index (χ4n) is 1.96. The summed E-state index contributed by atoms with van der Waals surface area (Å²) in [6.45, 7) is 4.09. The molecule has 0 aliphatic rings. The van der Waals surface area contributed by atoms with Gasteiger partial charge >= 0.3 is 5.69 Å². The summed E-state index contributed by atoms with van der Waals surface area (Å²) in [5, 5.41) is 16.4. The van der Waals surface area contributed by atoms with E-state index in [0.717, 1.165) is 4.68 Å². The molecule has 0 aromatic carbocycles. The lowest BCUT2D eigenvalue weighted by atomic mass is 10.0. The second kappa shape index (κ2) is 6.53. The average Bonchev–Trinajstić information content (AvgIpc) is 2.75. The molecule has 1 atom stereocenters. The van der Waals surface area contributed by atoms with E-state index in [-0.39, 0.29) is 24.1 Å². The third-order valence-corrected chi connectivity index (χ3v) is 3.31. The SMILES string of the molecule is CC(C)C(O)CCNC(=O)Cn1nc2ccccn2c1=O. The number of carbonyl (C=O) groups excluding carboxylic acids is 1. The van der Waals surface area contributed by atoms with E-state index in [1.165, 1.54) is 4.40 Å². The smallest absolute Gasteiger partial charge is 0.350 e. The summed E-state index contributed by atoms with van der Waals surface area (Å²) in [5.41, 5.74) is 0.161. The highest BCUT2D eigenvalue weighted by atomic mass is 16.3. The summed E-state index contributed by atoms with van der Waals surface area (Å²) in [5.74, 6) is -0.139. The van der Waals surface area contributed by atoms with Crippen molar-refractivity contribution in [1.29, 1.82) is 0 Å². The van der Waals surface area contributed by atoms with Crippen molar-refractivity contribution in [1.82, 2.24) is 19.5 Å². The van der Waals surface area contributed by atoms with Gasteiger partial charge in [0.05, 0.1) is 6.10 Å². The number of aliphatic hydroxyl groups excluding tert-OH is 1. The molecule has 7 nitrogen and oxygen atoms in total. The first-order chi connectivity index (χ1) is 9.99. The molecule has 1 unspecified atom stereocenters. The highest BCUT2D eigenvalue weighted by molar-refractivity contribution is 5.75. The minimum atomic E-state index is -0.441. The van der Waals surface area contributed by atoms with Crippen LogP contribution in [0.3, 0.4) is 0 Å². The van der Waals surface area contributed by atoms with Crippen molar-refractivity contribution in [2.45, 2.75) is 32.9 Å². The van der Waals surface area contributed by atoms with Crippen LogP contribution < -0.4 is 11.0 Å². The number of hydrogen-bond acceptors (Lipinski definition) is 4. The molecule has 7 heteroatoms. The Morgan fingerprint density at radius 3 is 2.86 bits per heavy atom. The highest BCUT2D eigenvalue weighted by Crippen LogP contribution is 2.03. The lowest BCUT2D eigenvalue weighted by molar-refractivity contribution is -0.122. The third-order valence-electron chi connectivity index (χ3n) is 3.31. The first-order valence-electron chi connectivity index (χ1n) is 6.98. The van der Waals surface area contributed by atoms with Crippen molar-refractivity contribution in [3.8, 4) is 0 Å². The zero-order valence-electron chi connectivity index (χ0n) is 12.2. The Morgan fingerprint density at radius 1 is 1.43 bits per heavy atom.